The van der Waals surface area contributed by atoms with Crippen molar-refractivity contribution in [2.24, 2.45) is 0 Å². The van der Waals surface area contributed by atoms with Gasteiger partial charge in [-0.25, -0.2) is 12.8 Å². The van der Waals surface area contributed by atoms with Gasteiger partial charge in [-0.2, -0.15) is 0 Å². The van der Waals surface area contributed by atoms with E-state index >= 15 is 0 Å². The minimum Gasteiger partial charge on any atom is -0.497 e. The second kappa shape index (κ2) is 9.26. The van der Waals surface area contributed by atoms with Crippen LogP contribution < -0.4 is 18.5 Å². The van der Waals surface area contributed by atoms with Crippen LogP contribution in [0.2, 0.25) is 0 Å². The molecule has 3 rings (SSSR count). The molecule has 0 aliphatic carbocycles. The van der Waals surface area contributed by atoms with Gasteiger partial charge in [0, 0.05) is 6.07 Å². The summed E-state index contributed by atoms with van der Waals surface area (Å²) in [6.45, 7) is 1.63. The van der Waals surface area contributed by atoms with Gasteiger partial charge >= 0.3 is 0 Å². The molecule has 0 fully saturated rings. The molecule has 3 aromatic carbocycles. The highest BCUT2D eigenvalue weighted by Crippen LogP contribution is 2.35. The summed E-state index contributed by atoms with van der Waals surface area (Å²) in [7, 11) is 0.396. The number of hydrogen-bond donors (Lipinski definition) is 0. The van der Waals surface area contributed by atoms with Crippen LogP contribution in [0.3, 0.4) is 0 Å². The topological polar surface area (TPSA) is 65.1 Å². The Balaban J connectivity index is 2.17. The minimum absolute atomic E-state index is 0.00493. The molecule has 0 amide bonds. The fourth-order valence-corrected chi connectivity index (χ4v) is 4.89. The first-order valence-electron chi connectivity index (χ1n) is 9.44. The molecular weight excluding hydrogens is 421 g/mol. The van der Waals surface area contributed by atoms with Crippen molar-refractivity contribution in [2.75, 3.05) is 25.6 Å². The summed E-state index contributed by atoms with van der Waals surface area (Å²) in [6.07, 6.45) is 0. The van der Waals surface area contributed by atoms with Crippen molar-refractivity contribution in [2.45, 2.75) is 18.4 Å². The molecule has 8 heteroatoms. The molecule has 0 unspecified atom stereocenters. The second-order valence-electron chi connectivity index (χ2n) is 6.81. The van der Waals surface area contributed by atoms with Crippen molar-refractivity contribution in [3.05, 3.63) is 77.6 Å². The molecule has 3 aromatic rings. The lowest BCUT2D eigenvalue weighted by Crippen LogP contribution is -2.31. The van der Waals surface area contributed by atoms with E-state index in [4.69, 9.17) is 14.2 Å². The van der Waals surface area contributed by atoms with E-state index in [2.05, 4.69) is 0 Å². The molecule has 0 N–H and O–H groups in total. The van der Waals surface area contributed by atoms with Gasteiger partial charge in [-0.3, -0.25) is 4.31 Å². The number of sulfonamides is 1. The number of ether oxygens (including phenoxy) is 3. The Morgan fingerprint density at radius 1 is 0.871 bits per heavy atom. The van der Waals surface area contributed by atoms with Gasteiger partial charge in [-0.15, -0.1) is 0 Å². The highest BCUT2D eigenvalue weighted by atomic mass is 32.2. The number of hydrogen-bond acceptors (Lipinski definition) is 5. The Kier molecular flexibility index (Phi) is 6.70. The summed E-state index contributed by atoms with van der Waals surface area (Å²) in [6, 6.07) is 15.6. The van der Waals surface area contributed by atoms with Crippen LogP contribution in [-0.4, -0.2) is 29.7 Å². The number of nitrogens with zero attached hydrogens (tertiary/aromatic N) is 1. The molecule has 0 aliphatic heterocycles. The zero-order chi connectivity index (χ0) is 22.6. The third-order valence-electron chi connectivity index (χ3n) is 4.83. The SMILES string of the molecule is COc1cccc(CN(c2ccc(OC)c(OC)c2)S(=O)(=O)c2cc(F)ccc2C)c1. The van der Waals surface area contributed by atoms with Crippen molar-refractivity contribution >= 4 is 15.7 Å². The summed E-state index contributed by atoms with van der Waals surface area (Å²) in [5.74, 6) is 0.815. The average Bonchev–Trinajstić information content (AvgIpc) is 2.78. The van der Waals surface area contributed by atoms with Gasteiger partial charge in [0.05, 0.1) is 38.5 Å². The summed E-state index contributed by atoms with van der Waals surface area (Å²) in [5, 5.41) is 0. The van der Waals surface area contributed by atoms with Crippen LogP contribution in [0.5, 0.6) is 17.2 Å². The molecule has 0 spiro atoms. The Morgan fingerprint density at radius 2 is 1.61 bits per heavy atom. The van der Waals surface area contributed by atoms with Crippen LogP contribution in [0.25, 0.3) is 0 Å². The quantitative estimate of drug-likeness (QED) is 0.509. The van der Waals surface area contributed by atoms with Crippen LogP contribution in [0, 0.1) is 12.7 Å². The predicted molar refractivity (Wildman–Crippen MR) is 117 cm³/mol. The van der Waals surface area contributed by atoms with E-state index in [1.165, 1.54) is 37.8 Å². The first kappa shape index (κ1) is 22.4. The van der Waals surface area contributed by atoms with Crippen molar-refractivity contribution in [1.29, 1.82) is 0 Å². The zero-order valence-electron chi connectivity index (χ0n) is 17.8. The largest absolute Gasteiger partial charge is 0.497 e. The molecule has 0 saturated carbocycles. The van der Waals surface area contributed by atoms with Crippen LogP contribution in [0.1, 0.15) is 11.1 Å². The Morgan fingerprint density at radius 3 is 2.29 bits per heavy atom. The molecule has 164 valence electrons. The van der Waals surface area contributed by atoms with E-state index in [0.29, 0.717) is 34.1 Å². The normalized spacial score (nSPS) is 11.1. The number of anilines is 1. The molecule has 0 radical (unpaired) electrons. The molecule has 0 saturated heterocycles. The number of methoxy groups -OCH3 is 3. The molecule has 0 atom stereocenters. The molecule has 0 bridgehead atoms. The van der Waals surface area contributed by atoms with Crippen LogP contribution >= 0.6 is 0 Å². The van der Waals surface area contributed by atoms with Gasteiger partial charge in [0.1, 0.15) is 11.6 Å². The van der Waals surface area contributed by atoms with E-state index in [1.54, 1.807) is 49.4 Å². The second-order valence-corrected chi connectivity index (χ2v) is 8.64. The highest BCUT2D eigenvalue weighted by Gasteiger charge is 2.28. The van der Waals surface area contributed by atoms with Gasteiger partial charge in [-0.1, -0.05) is 18.2 Å². The fourth-order valence-electron chi connectivity index (χ4n) is 3.20. The van der Waals surface area contributed by atoms with E-state index in [0.717, 1.165) is 6.07 Å². The Bertz CT molecular complexity index is 1180. The lowest BCUT2D eigenvalue weighted by Gasteiger charge is -2.26. The van der Waals surface area contributed by atoms with Crippen molar-refractivity contribution in [1.82, 2.24) is 0 Å². The summed E-state index contributed by atoms with van der Waals surface area (Å²) >= 11 is 0. The molecule has 0 aromatic heterocycles. The lowest BCUT2D eigenvalue weighted by atomic mass is 10.2. The van der Waals surface area contributed by atoms with Crippen LogP contribution in [0.4, 0.5) is 10.1 Å². The van der Waals surface area contributed by atoms with Crippen LogP contribution in [0.15, 0.2) is 65.6 Å². The maximum atomic E-state index is 14.0. The fraction of sp³-hybridized carbons (Fsp3) is 0.217. The minimum atomic E-state index is -4.11. The van der Waals surface area contributed by atoms with Gasteiger partial charge in [-0.05, 0) is 54.4 Å². The standard InChI is InChI=1S/C23H24FNO5S/c1-16-8-9-18(24)13-23(16)31(26,27)25(15-17-6-5-7-20(12-17)28-2)19-10-11-21(29-3)22(14-19)30-4/h5-14H,15H2,1-4H3. The predicted octanol–water partition coefficient (Wildman–Crippen LogP) is 4.56. The molecule has 0 aliphatic rings. The van der Waals surface area contributed by atoms with Gasteiger partial charge < -0.3 is 14.2 Å². The van der Waals surface area contributed by atoms with Crippen molar-refractivity contribution in [3.63, 3.8) is 0 Å². The maximum Gasteiger partial charge on any atom is 0.264 e. The number of rotatable bonds is 8. The third kappa shape index (κ3) is 4.74. The van der Waals surface area contributed by atoms with Gasteiger partial charge in [0.25, 0.3) is 10.0 Å². The van der Waals surface area contributed by atoms with Gasteiger partial charge in [0.15, 0.2) is 11.5 Å². The zero-order valence-corrected chi connectivity index (χ0v) is 18.6. The highest BCUT2D eigenvalue weighted by molar-refractivity contribution is 7.92. The van der Waals surface area contributed by atoms with E-state index in [-0.39, 0.29) is 11.4 Å². The first-order chi connectivity index (χ1) is 14.8. The Hall–Kier alpha value is -3.26. The van der Waals surface area contributed by atoms with E-state index in [9.17, 15) is 12.8 Å². The van der Waals surface area contributed by atoms with Crippen molar-refractivity contribution < 1.29 is 27.0 Å². The molecular formula is C23H24FNO5S. The van der Waals surface area contributed by atoms with Gasteiger partial charge in [0.2, 0.25) is 0 Å². The summed E-state index contributed by atoms with van der Waals surface area (Å²) in [4.78, 5) is -0.106. The first-order valence-corrected chi connectivity index (χ1v) is 10.9. The monoisotopic (exact) mass is 445 g/mol. The molecule has 0 heterocycles. The lowest BCUT2D eigenvalue weighted by molar-refractivity contribution is 0.355. The number of benzene rings is 3. The Labute approximate surface area is 181 Å². The third-order valence-corrected chi connectivity index (χ3v) is 6.75. The summed E-state index contributed by atoms with van der Waals surface area (Å²) < 4.78 is 58.4. The molecule has 31 heavy (non-hydrogen) atoms. The van der Waals surface area contributed by atoms with Crippen molar-refractivity contribution in [3.8, 4) is 17.2 Å². The summed E-state index contributed by atoms with van der Waals surface area (Å²) in [5.41, 5.74) is 1.49. The smallest absolute Gasteiger partial charge is 0.264 e. The van der Waals surface area contributed by atoms with E-state index in [1.807, 2.05) is 0 Å². The van der Waals surface area contributed by atoms with Crippen LogP contribution in [-0.2, 0) is 16.6 Å². The number of aryl methyl sites for hydroxylation is 1. The maximum absolute atomic E-state index is 14.0. The average molecular weight is 446 g/mol. The number of halogens is 1. The van der Waals surface area contributed by atoms with E-state index < -0.39 is 15.8 Å². The molecule has 6 nitrogen and oxygen atoms in total.